The second-order valence-electron chi connectivity index (χ2n) is 4.51. The molecule has 2 rings (SSSR count). The average molecular weight is 275 g/mol. The van der Waals surface area contributed by atoms with Crippen LogP contribution in [-0.4, -0.2) is 19.9 Å². The number of halogens is 1. The Morgan fingerprint density at radius 1 is 1.11 bits per heavy atom. The van der Waals surface area contributed by atoms with Crippen molar-refractivity contribution in [3.63, 3.8) is 0 Å². The standard InChI is InChI=1S/C15H15ClN2O/c1-18(2)12-6-3-10(4-7-12)15(19)13-8-5-11(17)9-14(13)16/h3-9H,17H2,1-2H3. The zero-order valence-electron chi connectivity index (χ0n) is 10.9. The van der Waals surface area contributed by atoms with Gasteiger partial charge in [-0.15, -0.1) is 0 Å². The lowest BCUT2D eigenvalue weighted by Gasteiger charge is -2.12. The predicted molar refractivity (Wildman–Crippen MR) is 80.1 cm³/mol. The van der Waals surface area contributed by atoms with Gasteiger partial charge in [-0.1, -0.05) is 11.6 Å². The third-order valence-electron chi connectivity index (χ3n) is 2.88. The Morgan fingerprint density at radius 3 is 2.26 bits per heavy atom. The minimum Gasteiger partial charge on any atom is -0.399 e. The van der Waals surface area contributed by atoms with Crippen molar-refractivity contribution in [2.45, 2.75) is 0 Å². The summed E-state index contributed by atoms with van der Waals surface area (Å²) >= 11 is 6.05. The van der Waals surface area contributed by atoms with Crippen LogP contribution in [0.3, 0.4) is 0 Å². The van der Waals surface area contributed by atoms with Crippen molar-refractivity contribution in [1.82, 2.24) is 0 Å². The number of carbonyl (C=O) groups excluding carboxylic acids is 1. The molecule has 0 spiro atoms. The first-order valence-electron chi connectivity index (χ1n) is 5.86. The molecule has 0 bridgehead atoms. The number of rotatable bonds is 3. The molecular formula is C15H15ClN2O. The highest BCUT2D eigenvalue weighted by molar-refractivity contribution is 6.35. The van der Waals surface area contributed by atoms with Crippen LogP contribution in [-0.2, 0) is 0 Å². The van der Waals surface area contributed by atoms with E-state index in [1.165, 1.54) is 0 Å². The van der Waals surface area contributed by atoms with Gasteiger partial charge in [0, 0.05) is 36.6 Å². The number of nitrogens with zero attached hydrogens (tertiary/aromatic N) is 1. The molecule has 0 atom stereocenters. The van der Waals surface area contributed by atoms with Gasteiger partial charge in [-0.25, -0.2) is 0 Å². The summed E-state index contributed by atoms with van der Waals surface area (Å²) in [5.74, 6) is -0.102. The van der Waals surface area contributed by atoms with E-state index in [-0.39, 0.29) is 5.78 Å². The van der Waals surface area contributed by atoms with E-state index in [4.69, 9.17) is 17.3 Å². The highest BCUT2D eigenvalue weighted by atomic mass is 35.5. The van der Waals surface area contributed by atoms with Gasteiger partial charge in [-0.2, -0.15) is 0 Å². The smallest absolute Gasteiger partial charge is 0.194 e. The summed E-state index contributed by atoms with van der Waals surface area (Å²) in [6.45, 7) is 0. The molecule has 0 aliphatic carbocycles. The van der Waals surface area contributed by atoms with E-state index >= 15 is 0 Å². The predicted octanol–water partition coefficient (Wildman–Crippen LogP) is 3.22. The first-order chi connectivity index (χ1) is 8.99. The normalized spacial score (nSPS) is 10.3. The lowest BCUT2D eigenvalue weighted by Crippen LogP contribution is -2.09. The molecule has 0 aliphatic heterocycles. The van der Waals surface area contributed by atoms with Crippen molar-refractivity contribution in [3.05, 3.63) is 58.6 Å². The minimum atomic E-state index is -0.102. The summed E-state index contributed by atoms with van der Waals surface area (Å²) in [6.07, 6.45) is 0. The largest absolute Gasteiger partial charge is 0.399 e. The van der Waals surface area contributed by atoms with Crippen LogP contribution in [0.25, 0.3) is 0 Å². The van der Waals surface area contributed by atoms with Crippen molar-refractivity contribution < 1.29 is 4.79 Å². The van der Waals surface area contributed by atoms with Crippen LogP contribution in [0.1, 0.15) is 15.9 Å². The number of nitrogens with two attached hydrogens (primary N) is 1. The minimum absolute atomic E-state index is 0.102. The highest BCUT2D eigenvalue weighted by Gasteiger charge is 2.13. The van der Waals surface area contributed by atoms with Gasteiger partial charge >= 0.3 is 0 Å². The fourth-order valence-corrected chi connectivity index (χ4v) is 2.06. The molecule has 2 aromatic carbocycles. The Morgan fingerprint density at radius 2 is 1.74 bits per heavy atom. The molecule has 3 nitrogen and oxygen atoms in total. The molecular weight excluding hydrogens is 260 g/mol. The van der Waals surface area contributed by atoms with Crippen LogP contribution in [0.4, 0.5) is 11.4 Å². The number of hydrogen-bond acceptors (Lipinski definition) is 3. The van der Waals surface area contributed by atoms with Crippen molar-refractivity contribution in [2.75, 3.05) is 24.7 Å². The second kappa shape index (κ2) is 5.33. The van der Waals surface area contributed by atoms with E-state index < -0.39 is 0 Å². The number of carbonyl (C=O) groups is 1. The van der Waals surface area contributed by atoms with E-state index in [1.807, 2.05) is 31.1 Å². The van der Waals surface area contributed by atoms with Gasteiger partial charge < -0.3 is 10.6 Å². The molecule has 0 fully saturated rings. The van der Waals surface area contributed by atoms with E-state index in [2.05, 4.69) is 0 Å². The van der Waals surface area contributed by atoms with Gasteiger partial charge in [0.2, 0.25) is 0 Å². The van der Waals surface area contributed by atoms with Crippen molar-refractivity contribution >= 4 is 28.8 Å². The summed E-state index contributed by atoms with van der Waals surface area (Å²) in [5.41, 5.74) is 8.28. The van der Waals surface area contributed by atoms with Crippen LogP contribution in [0.2, 0.25) is 5.02 Å². The van der Waals surface area contributed by atoms with E-state index in [1.54, 1.807) is 30.3 Å². The van der Waals surface area contributed by atoms with Crippen LogP contribution in [0.5, 0.6) is 0 Å². The number of ketones is 1. The Bertz CT molecular complexity index is 606. The first-order valence-corrected chi connectivity index (χ1v) is 6.24. The van der Waals surface area contributed by atoms with Gasteiger partial charge in [0.25, 0.3) is 0 Å². The Hall–Kier alpha value is -2.00. The number of anilines is 2. The number of nitrogen functional groups attached to an aromatic ring is 1. The van der Waals surface area contributed by atoms with Gasteiger partial charge in [-0.3, -0.25) is 4.79 Å². The monoisotopic (exact) mass is 274 g/mol. The molecule has 4 heteroatoms. The van der Waals surface area contributed by atoms with Crippen molar-refractivity contribution in [2.24, 2.45) is 0 Å². The van der Waals surface area contributed by atoms with Crippen molar-refractivity contribution in [3.8, 4) is 0 Å². The molecule has 19 heavy (non-hydrogen) atoms. The van der Waals surface area contributed by atoms with Gasteiger partial charge in [0.15, 0.2) is 5.78 Å². The Labute approximate surface area is 117 Å². The molecule has 0 aromatic heterocycles. The van der Waals surface area contributed by atoms with Crippen molar-refractivity contribution in [1.29, 1.82) is 0 Å². The van der Waals surface area contributed by atoms with Gasteiger partial charge in [-0.05, 0) is 42.5 Å². The molecule has 0 unspecified atom stereocenters. The molecule has 0 amide bonds. The Kier molecular flexibility index (Phi) is 3.76. The molecule has 2 aromatic rings. The van der Waals surface area contributed by atoms with Gasteiger partial charge in [0.1, 0.15) is 0 Å². The van der Waals surface area contributed by atoms with Crippen LogP contribution in [0, 0.1) is 0 Å². The SMILES string of the molecule is CN(C)c1ccc(C(=O)c2ccc(N)cc2Cl)cc1. The molecule has 0 radical (unpaired) electrons. The van der Waals surface area contributed by atoms with E-state index in [0.717, 1.165) is 5.69 Å². The third kappa shape index (κ3) is 2.88. The Balaban J connectivity index is 2.33. The lowest BCUT2D eigenvalue weighted by atomic mass is 10.0. The van der Waals surface area contributed by atoms with Crippen LogP contribution >= 0.6 is 11.6 Å². The summed E-state index contributed by atoms with van der Waals surface area (Å²) in [4.78, 5) is 14.3. The fourth-order valence-electron chi connectivity index (χ4n) is 1.78. The maximum Gasteiger partial charge on any atom is 0.194 e. The van der Waals surface area contributed by atoms with Crippen LogP contribution in [0.15, 0.2) is 42.5 Å². The average Bonchev–Trinajstić information content (AvgIpc) is 2.38. The summed E-state index contributed by atoms with van der Waals surface area (Å²) in [7, 11) is 3.90. The summed E-state index contributed by atoms with van der Waals surface area (Å²) in [5, 5.41) is 0.377. The summed E-state index contributed by atoms with van der Waals surface area (Å²) < 4.78 is 0. The van der Waals surface area contributed by atoms with Gasteiger partial charge in [0.05, 0.1) is 5.02 Å². The third-order valence-corrected chi connectivity index (χ3v) is 3.20. The van der Waals surface area contributed by atoms with E-state index in [9.17, 15) is 4.79 Å². The molecule has 0 saturated carbocycles. The molecule has 98 valence electrons. The first kappa shape index (κ1) is 13.4. The zero-order chi connectivity index (χ0) is 14.0. The molecule has 0 saturated heterocycles. The maximum atomic E-state index is 12.3. The lowest BCUT2D eigenvalue weighted by molar-refractivity contribution is 0.103. The van der Waals surface area contributed by atoms with Crippen LogP contribution < -0.4 is 10.6 Å². The number of benzene rings is 2. The van der Waals surface area contributed by atoms with E-state index in [0.29, 0.717) is 21.8 Å². The number of hydrogen-bond donors (Lipinski definition) is 1. The fraction of sp³-hybridized carbons (Fsp3) is 0.133. The molecule has 0 aliphatic rings. The molecule has 2 N–H and O–H groups in total. The quantitative estimate of drug-likeness (QED) is 0.690. The molecule has 0 heterocycles. The maximum absolute atomic E-state index is 12.3. The zero-order valence-corrected chi connectivity index (χ0v) is 11.6. The summed E-state index contributed by atoms with van der Waals surface area (Å²) in [6, 6.07) is 12.3. The topological polar surface area (TPSA) is 46.3 Å². The highest BCUT2D eigenvalue weighted by Crippen LogP contribution is 2.23. The second-order valence-corrected chi connectivity index (χ2v) is 4.92.